The fourth-order valence-corrected chi connectivity index (χ4v) is 2.48. The first-order valence-corrected chi connectivity index (χ1v) is 8.64. The minimum Gasteiger partial charge on any atom is -0.462 e. The van der Waals surface area contributed by atoms with E-state index in [1.807, 2.05) is 20.8 Å². The van der Waals surface area contributed by atoms with E-state index < -0.39 is 11.0 Å². The summed E-state index contributed by atoms with van der Waals surface area (Å²) >= 11 is 3.21. The molecule has 8 nitrogen and oxygen atoms in total. The van der Waals surface area contributed by atoms with E-state index in [9.17, 15) is 20.0 Å². The van der Waals surface area contributed by atoms with E-state index in [2.05, 4.69) is 31.3 Å². The number of ether oxygens (including phenoxy) is 1. The van der Waals surface area contributed by atoms with Gasteiger partial charge in [-0.15, -0.1) is 0 Å². The van der Waals surface area contributed by atoms with Crippen molar-refractivity contribution in [3.05, 3.63) is 32.8 Å². The van der Waals surface area contributed by atoms with Gasteiger partial charge in [0.1, 0.15) is 11.3 Å². The van der Waals surface area contributed by atoms with Crippen molar-refractivity contribution in [2.75, 3.05) is 18.4 Å². The van der Waals surface area contributed by atoms with Gasteiger partial charge in [-0.2, -0.15) is 0 Å². The maximum atomic E-state index is 11.0. The zero-order chi connectivity index (χ0) is 19.0. The molecule has 1 fully saturated rings. The molecule has 1 aromatic rings. The van der Waals surface area contributed by atoms with Crippen molar-refractivity contribution in [1.29, 1.82) is 0 Å². The summed E-state index contributed by atoms with van der Waals surface area (Å²) < 4.78 is 5.21. The van der Waals surface area contributed by atoms with Gasteiger partial charge in [0.2, 0.25) is 0 Å². The Kier molecular flexibility index (Phi) is 8.27. The molecule has 0 bridgehead atoms. The van der Waals surface area contributed by atoms with Crippen LogP contribution in [0.3, 0.4) is 0 Å². The van der Waals surface area contributed by atoms with Crippen molar-refractivity contribution in [2.24, 2.45) is 0 Å². The van der Waals surface area contributed by atoms with Gasteiger partial charge in [-0.25, -0.2) is 0 Å². The summed E-state index contributed by atoms with van der Waals surface area (Å²) in [4.78, 5) is 20.1. The summed E-state index contributed by atoms with van der Waals surface area (Å²) in [6, 6.07) is 4.68. The van der Waals surface area contributed by atoms with Crippen molar-refractivity contribution in [2.45, 2.75) is 44.9 Å². The standard InChI is InChI=1S/C11H14BrN3O3.C5H10O2/c12-7-1-2-8(10(5-7)15(17)18)14-9-3-4-13-6-11(9)16;1-5(2,3)7-4-6/h1-2,5,9,11,13-14,16H,3-4,6H2;4H,1-3H3. The Morgan fingerprint density at radius 1 is 1.48 bits per heavy atom. The van der Waals surface area contributed by atoms with Gasteiger partial charge < -0.3 is 20.5 Å². The van der Waals surface area contributed by atoms with E-state index in [1.54, 1.807) is 12.1 Å². The molecule has 0 spiro atoms. The lowest BCUT2D eigenvalue weighted by Crippen LogP contribution is -2.47. The number of hydrogen-bond acceptors (Lipinski definition) is 7. The van der Waals surface area contributed by atoms with E-state index in [4.69, 9.17) is 0 Å². The topological polar surface area (TPSA) is 114 Å². The van der Waals surface area contributed by atoms with Crippen LogP contribution in [0.15, 0.2) is 22.7 Å². The molecule has 1 aromatic carbocycles. The van der Waals surface area contributed by atoms with Gasteiger partial charge in [0.25, 0.3) is 12.2 Å². The molecule has 0 saturated carbocycles. The Balaban J connectivity index is 0.000000381. The molecular formula is C16H24BrN3O5. The largest absolute Gasteiger partial charge is 0.462 e. The van der Waals surface area contributed by atoms with Crippen LogP contribution >= 0.6 is 15.9 Å². The monoisotopic (exact) mass is 417 g/mol. The number of rotatable bonds is 4. The average Bonchev–Trinajstić information content (AvgIpc) is 2.50. The molecule has 1 aliphatic heterocycles. The maximum Gasteiger partial charge on any atom is 0.293 e. The van der Waals surface area contributed by atoms with E-state index in [0.717, 1.165) is 13.0 Å². The van der Waals surface area contributed by atoms with Crippen LogP contribution in [0.25, 0.3) is 0 Å². The molecule has 1 aliphatic rings. The summed E-state index contributed by atoms with van der Waals surface area (Å²) in [5.74, 6) is 0. The number of nitro groups is 1. The first-order valence-electron chi connectivity index (χ1n) is 7.85. The molecule has 2 atom stereocenters. The summed E-state index contributed by atoms with van der Waals surface area (Å²) in [5, 5.41) is 26.9. The van der Waals surface area contributed by atoms with Crippen molar-refractivity contribution >= 4 is 33.8 Å². The Morgan fingerprint density at radius 2 is 2.16 bits per heavy atom. The number of anilines is 1. The molecule has 1 saturated heterocycles. The average molecular weight is 418 g/mol. The highest BCUT2D eigenvalue weighted by Gasteiger charge is 2.25. The Morgan fingerprint density at radius 3 is 2.64 bits per heavy atom. The fraction of sp³-hybridized carbons (Fsp3) is 0.562. The second-order valence-electron chi connectivity index (χ2n) is 6.56. The van der Waals surface area contributed by atoms with Crippen molar-refractivity contribution in [3.8, 4) is 0 Å². The number of nitrogens with one attached hydrogen (secondary N) is 2. The van der Waals surface area contributed by atoms with E-state index in [1.165, 1.54) is 6.07 Å². The summed E-state index contributed by atoms with van der Waals surface area (Å²) in [5.41, 5.74) is 0.131. The van der Waals surface area contributed by atoms with Crippen molar-refractivity contribution in [3.63, 3.8) is 0 Å². The third-order valence-corrected chi connectivity index (χ3v) is 3.84. The molecule has 140 valence electrons. The molecule has 9 heteroatoms. The summed E-state index contributed by atoms with van der Waals surface area (Å²) in [6.07, 6.45) is 0.191. The molecule has 2 unspecified atom stereocenters. The molecule has 25 heavy (non-hydrogen) atoms. The Bertz CT molecular complexity index is 592. The first-order chi connectivity index (χ1) is 11.6. The first kappa shape index (κ1) is 21.3. The van der Waals surface area contributed by atoms with Crippen LogP contribution in [0.1, 0.15) is 27.2 Å². The number of piperidine rings is 1. The number of aliphatic hydroxyl groups excluding tert-OH is 1. The van der Waals surface area contributed by atoms with Crippen LogP contribution in [0, 0.1) is 10.1 Å². The smallest absolute Gasteiger partial charge is 0.293 e. The van der Waals surface area contributed by atoms with Gasteiger partial charge in [-0.1, -0.05) is 15.9 Å². The minimum absolute atomic E-state index is 0.00936. The van der Waals surface area contributed by atoms with Gasteiger partial charge in [0.05, 0.1) is 17.1 Å². The third kappa shape index (κ3) is 7.80. The number of carbonyl (C=O) groups is 1. The lowest BCUT2D eigenvalue weighted by molar-refractivity contribution is -0.384. The molecule has 1 heterocycles. The fourth-order valence-electron chi connectivity index (χ4n) is 2.13. The highest BCUT2D eigenvalue weighted by Crippen LogP contribution is 2.29. The number of nitro benzene ring substituents is 1. The second kappa shape index (κ2) is 9.69. The van der Waals surface area contributed by atoms with E-state index in [-0.39, 0.29) is 17.3 Å². The maximum absolute atomic E-state index is 11.0. The lowest BCUT2D eigenvalue weighted by atomic mass is 10.0. The highest BCUT2D eigenvalue weighted by molar-refractivity contribution is 9.10. The van der Waals surface area contributed by atoms with Gasteiger partial charge in [-0.3, -0.25) is 14.9 Å². The quantitative estimate of drug-likeness (QED) is 0.391. The predicted octanol–water partition coefficient (Wildman–Crippen LogP) is 2.45. The second-order valence-corrected chi connectivity index (χ2v) is 7.47. The van der Waals surface area contributed by atoms with E-state index >= 15 is 0 Å². The van der Waals surface area contributed by atoms with Crippen LogP contribution in [-0.2, 0) is 9.53 Å². The van der Waals surface area contributed by atoms with Gasteiger partial charge >= 0.3 is 0 Å². The van der Waals surface area contributed by atoms with Crippen molar-refractivity contribution in [1.82, 2.24) is 5.32 Å². The zero-order valence-electron chi connectivity index (χ0n) is 14.5. The predicted molar refractivity (Wildman–Crippen MR) is 98.6 cm³/mol. The van der Waals surface area contributed by atoms with Crippen LogP contribution in [0.5, 0.6) is 0 Å². The van der Waals surface area contributed by atoms with Gasteiger partial charge in [0, 0.05) is 17.1 Å². The minimum atomic E-state index is -0.540. The SMILES string of the molecule is CC(C)(C)OC=O.O=[N+]([O-])c1cc(Br)ccc1NC1CCNCC1O. The molecular weight excluding hydrogens is 394 g/mol. The van der Waals surface area contributed by atoms with Crippen LogP contribution < -0.4 is 10.6 Å². The number of aliphatic hydroxyl groups is 1. The normalized spacial score (nSPS) is 20.0. The summed E-state index contributed by atoms with van der Waals surface area (Å²) in [6.45, 7) is 7.21. The van der Waals surface area contributed by atoms with Gasteiger partial charge in [0.15, 0.2) is 0 Å². The number of β-amino-alcohol motifs (C(OH)–C–C–N with tert-alkyl or cyclic N) is 1. The summed E-state index contributed by atoms with van der Waals surface area (Å²) in [7, 11) is 0. The molecule has 0 amide bonds. The lowest BCUT2D eigenvalue weighted by Gasteiger charge is -2.29. The Labute approximate surface area is 155 Å². The Hall–Kier alpha value is -1.71. The molecule has 3 N–H and O–H groups in total. The zero-order valence-corrected chi connectivity index (χ0v) is 16.1. The number of nitrogens with zero attached hydrogens (tertiary/aromatic N) is 1. The van der Waals surface area contributed by atoms with E-state index in [0.29, 0.717) is 23.2 Å². The highest BCUT2D eigenvalue weighted by atomic mass is 79.9. The number of hydrogen-bond donors (Lipinski definition) is 3. The molecule has 0 aromatic heterocycles. The van der Waals surface area contributed by atoms with Crippen LogP contribution in [0.2, 0.25) is 0 Å². The third-order valence-electron chi connectivity index (χ3n) is 3.35. The number of benzene rings is 1. The van der Waals surface area contributed by atoms with Gasteiger partial charge in [-0.05, 0) is 45.9 Å². The number of carbonyl (C=O) groups excluding carboxylic acids is 1. The molecule has 2 rings (SSSR count). The molecule has 0 aliphatic carbocycles. The van der Waals surface area contributed by atoms with Crippen molar-refractivity contribution < 1.29 is 19.6 Å². The van der Waals surface area contributed by atoms with Crippen LogP contribution in [0.4, 0.5) is 11.4 Å². The molecule has 0 radical (unpaired) electrons. The van der Waals surface area contributed by atoms with Crippen LogP contribution in [-0.4, -0.2) is 47.3 Å². The number of halogens is 1.